The SMILES string of the molecule is CC(C)COc1cc(F)cc(-c2ccc(C(=O)NS(=O)(=O)c3cccc(N)n3)c(N3C(C)CCC3C)n2)c1. The summed E-state index contributed by atoms with van der Waals surface area (Å²) in [4.78, 5) is 23.9. The average Bonchev–Trinajstić information content (AvgIpc) is 3.19. The second-order valence-electron chi connectivity index (χ2n) is 9.97. The van der Waals surface area contributed by atoms with Crippen molar-refractivity contribution >= 4 is 27.6 Å². The number of benzene rings is 1. The number of pyridine rings is 2. The van der Waals surface area contributed by atoms with Gasteiger partial charge in [0.15, 0.2) is 5.03 Å². The maximum Gasteiger partial charge on any atom is 0.281 e. The number of halogens is 1. The highest BCUT2D eigenvalue weighted by Gasteiger charge is 2.33. The fraction of sp³-hybridized carbons (Fsp3) is 0.370. The summed E-state index contributed by atoms with van der Waals surface area (Å²) in [7, 11) is -4.29. The van der Waals surface area contributed by atoms with Crippen LogP contribution in [0.25, 0.3) is 11.3 Å². The van der Waals surface area contributed by atoms with Gasteiger partial charge in [0.1, 0.15) is 23.2 Å². The Balaban J connectivity index is 1.74. The van der Waals surface area contributed by atoms with E-state index in [1.54, 1.807) is 12.1 Å². The van der Waals surface area contributed by atoms with Crippen molar-refractivity contribution in [1.82, 2.24) is 14.7 Å². The van der Waals surface area contributed by atoms with E-state index in [9.17, 15) is 17.6 Å². The number of hydrogen-bond donors (Lipinski definition) is 2. The summed E-state index contributed by atoms with van der Waals surface area (Å²) in [5, 5.41) is -0.367. The molecule has 1 amide bonds. The van der Waals surface area contributed by atoms with Crippen LogP contribution in [0, 0.1) is 11.7 Å². The van der Waals surface area contributed by atoms with Crippen molar-refractivity contribution in [1.29, 1.82) is 0 Å². The summed E-state index contributed by atoms with van der Waals surface area (Å²) in [6.07, 6.45) is 1.76. The number of ether oxygens (including phenoxy) is 1. The number of amides is 1. The highest BCUT2D eigenvalue weighted by Crippen LogP contribution is 2.34. The van der Waals surface area contributed by atoms with Crippen LogP contribution >= 0.6 is 0 Å². The number of nitrogen functional groups attached to an aromatic ring is 1. The molecule has 2 aromatic heterocycles. The van der Waals surface area contributed by atoms with E-state index < -0.39 is 21.7 Å². The van der Waals surface area contributed by atoms with Gasteiger partial charge in [0.25, 0.3) is 15.9 Å². The molecule has 0 saturated carbocycles. The minimum atomic E-state index is -4.29. The van der Waals surface area contributed by atoms with Gasteiger partial charge in [0.2, 0.25) is 0 Å². The van der Waals surface area contributed by atoms with Crippen LogP contribution < -0.4 is 20.1 Å². The zero-order valence-corrected chi connectivity index (χ0v) is 22.6. The molecule has 38 heavy (non-hydrogen) atoms. The van der Waals surface area contributed by atoms with Crippen LogP contribution in [0.15, 0.2) is 53.6 Å². The Morgan fingerprint density at radius 2 is 1.84 bits per heavy atom. The Kier molecular flexibility index (Phi) is 7.86. The van der Waals surface area contributed by atoms with E-state index in [0.717, 1.165) is 12.8 Å². The molecule has 2 unspecified atom stereocenters. The van der Waals surface area contributed by atoms with Crippen molar-refractivity contribution in [2.75, 3.05) is 17.2 Å². The van der Waals surface area contributed by atoms with Crippen LogP contribution in [0.2, 0.25) is 0 Å². The smallest absolute Gasteiger partial charge is 0.281 e. The number of carbonyl (C=O) groups is 1. The number of nitrogens with two attached hydrogens (primary N) is 1. The quantitative estimate of drug-likeness (QED) is 0.430. The zero-order valence-electron chi connectivity index (χ0n) is 21.8. The topological polar surface area (TPSA) is 128 Å². The molecule has 202 valence electrons. The van der Waals surface area contributed by atoms with Gasteiger partial charge in [-0.2, -0.15) is 8.42 Å². The Hall–Kier alpha value is -3.73. The van der Waals surface area contributed by atoms with E-state index >= 15 is 0 Å². The molecule has 9 nitrogen and oxygen atoms in total. The van der Waals surface area contributed by atoms with Crippen LogP contribution in [0.1, 0.15) is 50.9 Å². The number of sulfonamides is 1. The Morgan fingerprint density at radius 1 is 1.13 bits per heavy atom. The molecule has 1 aliphatic rings. The first-order valence-electron chi connectivity index (χ1n) is 12.5. The summed E-state index contributed by atoms with van der Waals surface area (Å²) in [5.41, 5.74) is 6.61. The molecule has 3 aromatic rings. The normalized spacial score (nSPS) is 17.6. The van der Waals surface area contributed by atoms with E-state index in [0.29, 0.717) is 29.4 Å². The molecule has 0 bridgehead atoms. The van der Waals surface area contributed by atoms with Crippen molar-refractivity contribution in [2.24, 2.45) is 5.92 Å². The standard InChI is InChI=1S/C27H32FN5O4S/c1-16(2)15-37-21-13-19(12-20(28)14-21)23-11-10-22(26(30-23)33-17(3)8-9-18(33)4)27(34)32-38(35,36)25-7-5-6-24(29)31-25/h5-7,10-14,16-18H,8-9,15H2,1-4H3,(H2,29,31)(H,32,34). The fourth-order valence-electron chi connectivity index (χ4n) is 4.46. The first-order valence-corrected chi connectivity index (χ1v) is 14.0. The zero-order chi connectivity index (χ0) is 27.6. The molecule has 0 aliphatic carbocycles. The molecule has 11 heteroatoms. The van der Waals surface area contributed by atoms with Crippen molar-refractivity contribution in [3.05, 3.63) is 59.9 Å². The van der Waals surface area contributed by atoms with Gasteiger partial charge in [-0.05, 0) is 69.0 Å². The molecule has 4 rings (SSSR count). The van der Waals surface area contributed by atoms with E-state index in [4.69, 9.17) is 15.5 Å². The summed E-state index contributed by atoms with van der Waals surface area (Å²) >= 11 is 0. The molecule has 1 aliphatic heterocycles. The lowest BCUT2D eigenvalue weighted by atomic mass is 10.1. The molecule has 1 saturated heterocycles. The van der Waals surface area contributed by atoms with Gasteiger partial charge in [-0.15, -0.1) is 0 Å². The van der Waals surface area contributed by atoms with Crippen molar-refractivity contribution in [3.8, 4) is 17.0 Å². The minimum absolute atomic E-state index is 0.0126. The monoisotopic (exact) mass is 541 g/mol. The summed E-state index contributed by atoms with van der Waals surface area (Å²) < 4.78 is 48.0. The van der Waals surface area contributed by atoms with Crippen molar-refractivity contribution < 1.29 is 22.3 Å². The maximum atomic E-state index is 14.5. The van der Waals surface area contributed by atoms with Gasteiger partial charge in [-0.3, -0.25) is 4.79 Å². The maximum absolute atomic E-state index is 14.5. The first-order chi connectivity index (χ1) is 17.9. The number of aromatic nitrogens is 2. The molecule has 3 heterocycles. The number of nitrogens with zero attached hydrogens (tertiary/aromatic N) is 3. The van der Waals surface area contributed by atoms with Gasteiger partial charge in [-0.25, -0.2) is 19.1 Å². The van der Waals surface area contributed by atoms with E-state index in [1.165, 1.54) is 36.4 Å². The highest BCUT2D eigenvalue weighted by atomic mass is 32.2. The number of rotatable bonds is 8. The average molecular weight is 542 g/mol. The Morgan fingerprint density at radius 3 is 2.50 bits per heavy atom. The first kappa shape index (κ1) is 27.3. The predicted octanol–water partition coefficient (Wildman–Crippen LogP) is 4.40. The van der Waals surface area contributed by atoms with E-state index in [-0.39, 0.29) is 34.4 Å². The second-order valence-corrected chi connectivity index (χ2v) is 11.6. The Bertz CT molecular complexity index is 1440. The number of hydrogen-bond acceptors (Lipinski definition) is 8. The van der Waals surface area contributed by atoms with Gasteiger partial charge in [0, 0.05) is 23.7 Å². The third-order valence-corrected chi connectivity index (χ3v) is 7.55. The predicted molar refractivity (Wildman–Crippen MR) is 144 cm³/mol. The van der Waals surface area contributed by atoms with Crippen LogP contribution in [0.4, 0.5) is 16.0 Å². The highest BCUT2D eigenvalue weighted by molar-refractivity contribution is 7.90. The van der Waals surface area contributed by atoms with Crippen molar-refractivity contribution in [2.45, 2.75) is 57.6 Å². The number of anilines is 2. The second kappa shape index (κ2) is 10.9. The molecule has 3 N–H and O–H groups in total. The largest absolute Gasteiger partial charge is 0.493 e. The van der Waals surface area contributed by atoms with E-state index in [2.05, 4.69) is 9.71 Å². The lowest BCUT2D eigenvalue weighted by molar-refractivity contribution is 0.0981. The number of nitrogens with one attached hydrogen (secondary N) is 1. The lowest BCUT2D eigenvalue weighted by Gasteiger charge is -2.29. The molecule has 2 atom stereocenters. The lowest BCUT2D eigenvalue weighted by Crippen LogP contribution is -2.37. The van der Waals surface area contributed by atoms with Crippen LogP contribution in [0.5, 0.6) is 5.75 Å². The van der Waals surface area contributed by atoms with Crippen LogP contribution in [-0.4, -0.2) is 43.0 Å². The molecule has 1 aromatic carbocycles. The van der Waals surface area contributed by atoms with Gasteiger partial charge in [-0.1, -0.05) is 19.9 Å². The van der Waals surface area contributed by atoms with E-state index in [1.807, 2.05) is 32.6 Å². The third-order valence-electron chi connectivity index (χ3n) is 6.31. The molecular formula is C27H32FN5O4S. The summed E-state index contributed by atoms with van der Waals surface area (Å²) in [6, 6.07) is 11.7. The molecule has 0 spiro atoms. The van der Waals surface area contributed by atoms with Gasteiger partial charge < -0.3 is 15.4 Å². The van der Waals surface area contributed by atoms with Gasteiger partial charge in [0.05, 0.1) is 17.9 Å². The molecular weight excluding hydrogens is 509 g/mol. The number of carbonyl (C=O) groups excluding carboxylic acids is 1. The third kappa shape index (κ3) is 6.04. The minimum Gasteiger partial charge on any atom is -0.493 e. The van der Waals surface area contributed by atoms with Crippen molar-refractivity contribution in [3.63, 3.8) is 0 Å². The van der Waals surface area contributed by atoms with Crippen LogP contribution in [0.3, 0.4) is 0 Å². The summed E-state index contributed by atoms with van der Waals surface area (Å²) in [5.74, 6) is -0.353. The summed E-state index contributed by atoms with van der Waals surface area (Å²) in [6.45, 7) is 8.47. The Labute approximate surface area is 222 Å². The molecule has 0 radical (unpaired) electrons. The van der Waals surface area contributed by atoms with Crippen LogP contribution in [-0.2, 0) is 10.0 Å². The van der Waals surface area contributed by atoms with Gasteiger partial charge >= 0.3 is 0 Å². The molecule has 1 fully saturated rings. The fourth-order valence-corrected chi connectivity index (χ4v) is 5.40.